The van der Waals surface area contributed by atoms with Crippen molar-refractivity contribution in [1.82, 2.24) is 0 Å². The summed E-state index contributed by atoms with van der Waals surface area (Å²) in [4.78, 5) is 0. The Hall–Kier alpha value is 0.660. The van der Waals surface area contributed by atoms with Gasteiger partial charge in [-0.05, 0) is 12.3 Å². The molecule has 0 saturated carbocycles. The van der Waals surface area contributed by atoms with Gasteiger partial charge < -0.3 is 5.11 Å². The van der Waals surface area contributed by atoms with E-state index in [1.807, 2.05) is 23.5 Å². The topological polar surface area (TPSA) is 20.2 Å². The molecule has 0 amide bonds. The number of thioether (sulfide) groups is 2. The van der Waals surface area contributed by atoms with Crippen LogP contribution in [0, 0.1) is 5.92 Å². The van der Waals surface area contributed by atoms with Crippen LogP contribution in [0.2, 0.25) is 0 Å². The Labute approximate surface area is 90.1 Å². The second-order valence-electron chi connectivity index (χ2n) is 3.74. The molecular weight excluding hydrogens is 200 g/mol. The maximum absolute atomic E-state index is 10.0. The quantitative estimate of drug-likeness (QED) is 0.786. The molecule has 1 nitrogen and oxygen atoms in total. The zero-order valence-corrected chi connectivity index (χ0v) is 10.2. The van der Waals surface area contributed by atoms with Crippen molar-refractivity contribution >= 4 is 23.5 Å². The van der Waals surface area contributed by atoms with Gasteiger partial charge in [-0.2, -0.15) is 23.5 Å². The van der Waals surface area contributed by atoms with Crippen LogP contribution in [0.3, 0.4) is 0 Å². The van der Waals surface area contributed by atoms with Gasteiger partial charge in [-0.1, -0.05) is 20.3 Å². The average Bonchev–Trinajstić information content (AvgIpc) is 2.18. The van der Waals surface area contributed by atoms with E-state index in [0.717, 1.165) is 12.2 Å². The summed E-state index contributed by atoms with van der Waals surface area (Å²) in [6.07, 6.45) is 2.25. The molecule has 0 radical (unpaired) electrons. The van der Waals surface area contributed by atoms with Crippen molar-refractivity contribution in [3.05, 3.63) is 0 Å². The van der Waals surface area contributed by atoms with Gasteiger partial charge in [-0.3, -0.25) is 0 Å². The molecule has 0 aromatic carbocycles. The van der Waals surface area contributed by atoms with Crippen LogP contribution >= 0.6 is 23.5 Å². The first kappa shape index (κ1) is 11.7. The predicted molar refractivity (Wildman–Crippen MR) is 63.6 cm³/mol. The van der Waals surface area contributed by atoms with Crippen LogP contribution < -0.4 is 0 Å². The van der Waals surface area contributed by atoms with Gasteiger partial charge in [0.1, 0.15) is 0 Å². The Morgan fingerprint density at radius 2 is 2.23 bits per heavy atom. The summed E-state index contributed by atoms with van der Waals surface area (Å²) in [6, 6.07) is 0. The summed E-state index contributed by atoms with van der Waals surface area (Å²) >= 11 is 3.94. The van der Waals surface area contributed by atoms with E-state index in [4.69, 9.17) is 0 Å². The normalized spacial score (nSPS) is 28.4. The third-order valence-electron chi connectivity index (χ3n) is 2.55. The van der Waals surface area contributed by atoms with E-state index in [9.17, 15) is 5.11 Å². The summed E-state index contributed by atoms with van der Waals surface area (Å²) in [5, 5.41) is 10.5. The van der Waals surface area contributed by atoms with Crippen molar-refractivity contribution in [3.8, 4) is 0 Å². The molecule has 3 unspecified atom stereocenters. The van der Waals surface area contributed by atoms with Gasteiger partial charge in [0.2, 0.25) is 0 Å². The van der Waals surface area contributed by atoms with E-state index in [1.54, 1.807) is 0 Å². The molecule has 13 heavy (non-hydrogen) atoms. The van der Waals surface area contributed by atoms with Gasteiger partial charge >= 0.3 is 0 Å². The van der Waals surface area contributed by atoms with E-state index in [-0.39, 0.29) is 6.10 Å². The minimum absolute atomic E-state index is 0.0854. The Balaban J connectivity index is 2.31. The lowest BCUT2D eigenvalue weighted by Gasteiger charge is -2.29. The molecule has 1 saturated heterocycles. The molecule has 1 aliphatic rings. The van der Waals surface area contributed by atoms with Crippen molar-refractivity contribution in [2.75, 3.05) is 17.3 Å². The highest BCUT2D eigenvalue weighted by molar-refractivity contribution is 8.06. The summed E-state index contributed by atoms with van der Waals surface area (Å²) in [7, 11) is 0. The van der Waals surface area contributed by atoms with E-state index in [0.29, 0.717) is 11.2 Å². The number of hydrogen-bond acceptors (Lipinski definition) is 3. The second-order valence-corrected chi connectivity index (χ2v) is 6.24. The van der Waals surface area contributed by atoms with Crippen molar-refractivity contribution < 1.29 is 5.11 Å². The first-order chi connectivity index (χ1) is 6.25. The van der Waals surface area contributed by atoms with Gasteiger partial charge in [-0.25, -0.2) is 0 Å². The lowest BCUT2D eigenvalue weighted by Crippen LogP contribution is -2.33. The minimum atomic E-state index is -0.0854. The monoisotopic (exact) mass is 220 g/mol. The molecule has 0 aliphatic carbocycles. The lowest BCUT2D eigenvalue weighted by atomic mass is 9.97. The molecule has 1 rings (SSSR count). The van der Waals surface area contributed by atoms with Crippen molar-refractivity contribution in [2.45, 2.75) is 38.0 Å². The third-order valence-corrected chi connectivity index (χ3v) is 5.42. The summed E-state index contributed by atoms with van der Waals surface area (Å²) in [5.74, 6) is 4.09. The largest absolute Gasteiger partial charge is 0.392 e. The standard InChI is InChI=1S/C10H20OS2/c1-3-4-8(2)10(11)9-7-12-5-6-13-9/h8-11H,3-7H2,1-2H3. The molecule has 0 spiro atoms. The molecule has 1 aliphatic heterocycles. The fourth-order valence-corrected chi connectivity index (χ4v) is 4.59. The van der Waals surface area contributed by atoms with Gasteiger partial charge in [0, 0.05) is 22.5 Å². The van der Waals surface area contributed by atoms with Crippen LogP contribution in [0.1, 0.15) is 26.7 Å². The molecule has 1 N–H and O–H groups in total. The van der Waals surface area contributed by atoms with Gasteiger partial charge in [0.05, 0.1) is 6.10 Å². The Morgan fingerprint density at radius 3 is 2.77 bits per heavy atom. The van der Waals surface area contributed by atoms with E-state index in [2.05, 4.69) is 13.8 Å². The lowest BCUT2D eigenvalue weighted by molar-refractivity contribution is 0.114. The first-order valence-electron chi connectivity index (χ1n) is 5.13. The maximum Gasteiger partial charge on any atom is 0.0692 e. The molecule has 3 atom stereocenters. The second kappa shape index (κ2) is 6.20. The summed E-state index contributed by atoms with van der Waals surface area (Å²) in [6.45, 7) is 4.36. The minimum Gasteiger partial charge on any atom is -0.392 e. The van der Waals surface area contributed by atoms with E-state index in [1.165, 1.54) is 17.9 Å². The van der Waals surface area contributed by atoms with Crippen LogP contribution in [-0.2, 0) is 0 Å². The van der Waals surface area contributed by atoms with E-state index < -0.39 is 0 Å². The predicted octanol–water partition coefficient (Wildman–Crippen LogP) is 2.63. The molecule has 0 aromatic heterocycles. The summed E-state index contributed by atoms with van der Waals surface area (Å²) < 4.78 is 0. The van der Waals surface area contributed by atoms with Crippen LogP contribution in [0.15, 0.2) is 0 Å². The molecule has 0 aromatic rings. The first-order valence-corrected chi connectivity index (χ1v) is 7.33. The highest BCUT2D eigenvalue weighted by atomic mass is 32.2. The molecule has 3 heteroatoms. The molecule has 78 valence electrons. The SMILES string of the molecule is CCCC(C)C(O)C1CSCCS1. The van der Waals surface area contributed by atoms with Crippen LogP contribution in [0.5, 0.6) is 0 Å². The highest BCUT2D eigenvalue weighted by Gasteiger charge is 2.26. The number of hydrogen-bond donors (Lipinski definition) is 1. The smallest absolute Gasteiger partial charge is 0.0692 e. The van der Waals surface area contributed by atoms with Crippen molar-refractivity contribution in [2.24, 2.45) is 5.92 Å². The highest BCUT2D eigenvalue weighted by Crippen LogP contribution is 2.30. The Morgan fingerprint density at radius 1 is 1.46 bits per heavy atom. The number of aliphatic hydroxyl groups is 1. The Kier molecular flexibility index (Phi) is 5.60. The van der Waals surface area contributed by atoms with Crippen molar-refractivity contribution in [3.63, 3.8) is 0 Å². The van der Waals surface area contributed by atoms with Crippen LogP contribution in [-0.4, -0.2) is 33.7 Å². The molecule has 0 bridgehead atoms. The molecular formula is C10H20OS2. The molecule has 1 heterocycles. The zero-order chi connectivity index (χ0) is 9.68. The van der Waals surface area contributed by atoms with Gasteiger partial charge in [-0.15, -0.1) is 0 Å². The Bertz CT molecular complexity index is 135. The zero-order valence-electron chi connectivity index (χ0n) is 8.53. The van der Waals surface area contributed by atoms with E-state index >= 15 is 0 Å². The van der Waals surface area contributed by atoms with Crippen LogP contribution in [0.25, 0.3) is 0 Å². The average molecular weight is 220 g/mol. The van der Waals surface area contributed by atoms with Gasteiger partial charge in [0.15, 0.2) is 0 Å². The van der Waals surface area contributed by atoms with Gasteiger partial charge in [0.25, 0.3) is 0 Å². The van der Waals surface area contributed by atoms with Crippen molar-refractivity contribution in [1.29, 1.82) is 0 Å². The summed E-state index contributed by atoms with van der Waals surface area (Å²) in [5.41, 5.74) is 0. The molecule has 1 fully saturated rings. The number of rotatable bonds is 4. The maximum atomic E-state index is 10.0. The fraction of sp³-hybridized carbons (Fsp3) is 1.00. The third kappa shape index (κ3) is 3.72. The fourth-order valence-electron chi connectivity index (χ4n) is 1.70. The van der Waals surface area contributed by atoms with Crippen LogP contribution in [0.4, 0.5) is 0 Å². The number of aliphatic hydroxyl groups excluding tert-OH is 1.